The summed E-state index contributed by atoms with van der Waals surface area (Å²) in [5.74, 6) is 0.865. The van der Waals surface area contributed by atoms with E-state index in [1.54, 1.807) is 19.1 Å². The summed E-state index contributed by atoms with van der Waals surface area (Å²) in [5, 5.41) is 0. The molecule has 0 aromatic heterocycles. The quantitative estimate of drug-likeness (QED) is 0.600. The van der Waals surface area contributed by atoms with Crippen LogP contribution in [0.15, 0.2) is 53.3 Å². The number of ketones is 1. The van der Waals surface area contributed by atoms with E-state index in [1.165, 1.54) is 0 Å². The van der Waals surface area contributed by atoms with Crippen molar-refractivity contribution >= 4 is 17.3 Å². The van der Waals surface area contributed by atoms with E-state index in [-0.39, 0.29) is 17.1 Å². The van der Waals surface area contributed by atoms with Crippen molar-refractivity contribution in [2.45, 2.75) is 52.1 Å². The molecule has 2 aliphatic carbocycles. The molecular formula is C26H31NO4. The molecule has 1 aliphatic heterocycles. The molecule has 2 fully saturated rings. The first-order valence-corrected chi connectivity index (χ1v) is 11.0. The second kappa shape index (κ2) is 7.79. The fourth-order valence-electron chi connectivity index (χ4n) is 5.10. The van der Waals surface area contributed by atoms with Gasteiger partial charge in [0.2, 0.25) is 5.91 Å². The molecule has 0 spiro atoms. The molecule has 0 radical (unpaired) electrons. The van der Waals surface area contributed by atoms with Gasteiger partial charge in [-0.3, -0.25) is 9.59 Å². The van der Waals surface area contributed by atoms with Gasteiger partial charge in [-0.15, -0.1) is 0 Å². The molecule has 1 saturated heterocycles. The van der Waals surface area contributed by atoms with E-state index in [2.05, 4.69) is 19.9 Å². The highest BCUT2D eigenvalue weighted by Crippen LogP contribution is 2.68. The van der Waals surface area contributed by atoms with Gasteiger partial charge in [-0.2, -0.15) is 0 Å². The summed E-state index contributed by atoms with van der Waals surface area (Å²) in [6, 6.07) is 7.58. The zero-order valence-corrected chi connectivity index (χ0v) is 19.1. The van der Waals surface area contributed by atoms with Crippen LogP contribution < -0.4 is 4.74 Å². The topological polar surface area (TPSA) is 55.8 Å². The molecule has 1 amide bonds. The third-order valence-electron chi connectivity index (χ3n) is 7.01. The summed E-state index contributed by atoms with van der Waals surface area (Å²) >= 11 is 0. The highest BCUT2D eigenvalue weighted by Gasteiger charge is 2.70. The van der Waals surface area contributed by atoms with Gasteiger partial charge in [-0.05, 0) is 55.5 Å². The van der Waals surface area contributed by atoms with Crippen molar-refractivity contribution in [3.05, 3.63) is 58.8 Å². The molecular weight excluding hydrogens is 390 g/mol. The highest BCUT2D eigenvalue weighted by atomic mass is 16.5. The molecule has 1 aromatic carbocycles. The number of carbonyl (C=O) groups excluding carboxylic acids is 2. The van der Waals surface area contributed by atoms with E-state index in [0.29, 0.717) is 25.0 Å². The monoisotopic (exact) mass is 421 g/mol. The van der Waals surface area contributed by atoms with Crippen LogP contribution in [0.5, 0.6) is 5.75 Å². The average molecular weight is 422 g/mol. The van der Waals surface area contributed by atoms with Gasteiger partial charge in [0.15, 0.2) is 5.78 Å². The Bertz CT molecular complexity index is 1020. The van der Waals surface area contributed by atoms with Gasteiger partial charge in [0.05, 0.1) is 12.7 Å². The van der Waals surface area contributed by atoms with Gasteiger partial charge in [0.25, 0.3) is 0 Å². The van der Waals surface area contributed by atoms with Crippen LogP contribution in [0.25, 0.3) is 5.57 Å². The van der Waals surface area contributed by atoms with Crippen molar-refractivity contribution in [1.29, 1.82) is 0 Å². The van der Waals surface area contributed by atoms with Gasteiger partial charge in [0.1, 0.15) is 5.75 Å². The number of methoxy groups -OCH3 is 1. The summed E-state index contributed by atoms with van der Waals surface area (Å²) in [4.78, 5) is 28.2. The Kier molecular flexibility index (Phi) is 5.42. The first-order chi connectivity index (χ1) is 14.8. The number of likely N-dealkylation sites (tertiary alicyclic amines) is 1. The van der Waals surface area contributed by atoms with E-state index in [9.17, 15) is 9.59 Å². The lowest BCUT2D eigenvalue weighted by Gasteiger charge is -2.37. The SMILES string of the molecule is C/C=C(\C(=O)C1=C2CCC(=O)N(C)C2=CC2(OCCC)CC12C)c1ccc(OC)cc1. The lowest BCUT2D eigenvalue weighted by Crippen LogP contribution is -2.39. The van der Waals surface area contributed by atoms with Crippen LogP contribution in [0.4, 0.5) is 0 Å². The van der Waals surface area contributed by atoms with Crippen molar-refractivity contribution in [2.75, 3.05) is 20.8 Å². The number of carbonyl (C=O) groups is 2. The summed E-state index contributed by atoms with van der Waals surface area (Å²) in [6.45, 7) is 6.74. The molecule has 5 heteroatoms. The van der Waals surface area contributed by atoms with Gasteiger partial charge in [0, 0.05) is 42.3 Å². The van der Waals surface area contributed by atoms with Gasteiger partial charge in [-0.1, -0.05) is 32.1 Å². The summed E-state index contributed by atoms with van der Waals surface area (Å²) in [5.41, 5.74) is 3.29. The van der Waals surface area contributed by atoms with Crippen LogP contribution in [0.1, 0.15) is 52.0 Å². The predicted octanol–water partition coefficient (Wildman–Crippen LogP) is 4.69. The number of ether oxygens (including phenoxy) is 2. The minimum atomic E-state index is -0.516. The maximum absolute atomic E-state index is 14.0. The normalized spacial score (nSPS) is 27.5. The smallest absolute Gasteiger partial charge is 0.227 e. The van der Waals surface area contributed by atoms with Gasteiger partial charge < -0.3 is 14.4 Å². The fraction of sp³-hybridized carbons (Fsp3) is 0.462. The van der Waals surface area contributed by atoms with Crippen LogP contribution in [0.2, 0.25) is 0 Å². The van der Waals surface area contributed by atoms with E-state index < -0.39 is 5.60 Å². The van der Waals surface area contributed by atoms with Crippen LogP contribution >= 0.6 is 0 Å². The molecule has 1 saturated carbocycles. The number of rotatable bonds is 7. The summed E-state index contributed by atoms with van der Waals surface area (Å²) in [6.07, 6.45) is 6.67. The Morgan fingerprint density at radius 1 is 1.23 bits per heavy atom. The molecule has 5 nitrogen and oxygen atoms in total. The number of Topliss-reactive ketones (excluding diaryl/α,β-unsaturated/α-hetero) is 1. The second-order valence-corrected chi connectivity index (χ2v) is 8.84. The third-order valence-corrected chi connectivity index (χ3v) is 7.01. The second-order valence-electron chi connectivity index (χ2n) is 8.84. The maximum atomic E-state index is 14.0. The molecule has 31 heavy (non-hydrogen) atoms. The zero-order chi connectivity index (χ0) is 22.4. The largest absolute Gasteiger partial charge is 0.497 e. The van der Waals surface area contributed by atoms with E-state index >= 15 is 0 Å². The molecule has 4 rings (SSSR count). The summed E-state index contributed by atoms with van der Waals surface area (Å²) < 4.78 is 11.6. The number of piperidine rings is 1. The summed E-state index contributed by atoms with van der Waals surface area (Å²) in [7, 11) is 3.43. The highest BCUT2D eigenvalue weighted by molar-refractivity contribution is 6.30. The van der Waals surface area contributed by atoms with Crippen molar-refractivity contribution in [2.24, 2.45) is 5.41 Å². The van der Waals surface area contributed by atoms with E-state index in [4.69, 9.17) is 9.47 Å². The first kappa shape index (κ1) is 21.6. The predicted molar refractivity (Wildman–Crippen MR) is 120 cm³/mol. The minimum absolute atomic E-state index is 0.0282. The number of hydrogen-bond acceptors (Lipinski definition) is 4. The van der Waals surface area contributed by atoms with Crippen LogP contribution in [-0.2, 0) is 14.3 Å². The number of hydrogen-bond donors (Lipinski definition) is 0. The number of allylic oxidation sites excluding steroid dienone is 3. The Balaban J connectivity index is 1.80. The van der Waals surface area contributed by atoms with Crippen molar-refractivity contribution < 1.29 is 19.1 Å². The average Bonchev–Trinajstić information content (AvgIpc) is 3.39. The molecule has 2 unspecified atom stereocenters. The number of likely N-dealkylation sites (N-methyl/N-ethyl adjacent to an activating group) is 1. The first-order valence-electron chi connectivity index (χ1n) is 11.0. The Morgan fingerprint density at radius 3 is 2.55 bits per heavy atom. The molecule has 3 aliphatic rings. The van der Waals surface area contributed by atoms with Crippen LogP contribution in [0.3, 0.4) is 0 Å². The molecule has 2 atom stereocenters. The molecule has 1 heterocycles. The minimum Gasteiger partial charge on any atom is -0.497 e. The van der Waals surface area contributed by atoms with Crippen LogP contribution in [-0.4, -0.2) is 43.0 Å². The zero-order valence-electron chi connectivity index (χ0n) is 19.1. The van der Waals surface area contributed by atoms with Crippen molar-refractivity contribution in [3.8, 4) is 5.75 Å². The lowest BCUT2D eigenvalue weighted by atomic mass is 9.76. The Morgan fingerprint density at radius 2 is 1.94 bits per heavy atom. The Hall–Kier alpha value is -2.66. The van der Waals surface area contributed by atoms with E-state index in [0.717, 1.165) is 41.0 Å². The maximum Gasteiger partial charge on any atom is 0.227 e. The number of nitrogens with zero attached hydrogens (tertiary/aromatic N) is 1. The fourth-order valence-corrected chi connectivity index (χ4v) is 5.10. The van der Waals surface area contributed by atoms with Crippen molar-refractivity contribution in [1.82, 2.24) is 4.90 Å². The van der Waals surface area contributed by atoms with E-state index in [1.807, 2.05) is 37.3 Å². The number of fused-ring (bicyclic) bond motifs is 2. The van der Waals surface area contributed by atoms with Crippen LogP contribution in [0, 0.1) is 5.41 Å². The molecule has 0 N–H and O–H groups in total. The third kappa shape index (κ3) is 3.26. The number of benzene rings is 1. The van der Waals surface area contributed by atoms with Crippen molar-refractivity contribution in [3.63, 3.8) is 0 Å². The molecule has 0 bridgehead atoms. The molecule has 1 aromatic rings. The van der Waals surface area contributed by atoms with Gasteiger partial charge in [-0.25, -0.2) is 0 Å². The lowest BCUT2D eigenvalue weighted by molar-refractivity contribution is -0.129. The Labute approximate surface area is 184 Å². The molecule has 164 valence electrons. The standard InChI is InChI=1S/C26H31NO4/c1-6-14-31-26-15-21-20(12-13-22(28)27(21)4)23(25(26,3)16-26)24(29)19(7-2)17-8-10-18(30-5)11-9-17/h7-11,15H,6,12-14,16H2,1-5H3/b19-7-. The van der Waals surface area contributed by atoms with Gasteiger partial charge >= 0.3 is 0 Å². The number of amides is 1.